The summed E-state index contributed by atoms with van der Waals surface area (Å²) in [6, 6.07) is 10.7. The Morgan fingerprint density at radius 2 is 1.67 bits per heavy atom. The van der Waals surface area contributed by atoms with Crippen molar-refractivity contribution in [2.45, 2.75) is 32.4 Å². The second kappa shape index (κ2) is 6.16. The van der Waals surface area contributed by atoms with Crippen LogP contribution in [0, 0.1) is 0 Å². The molecule has 3 rings (SSSR count). The molecule has 4 nitrogen and oxygen atoms in total. The molecule has 0 radical (unpaired) electrons. The Balaban J connectivity index is 1.63. The maximum atomic E-state index is 12.7. The maximum Gasteiger partial charge on any atom is 0.244 e. The molecule has 1 aromatic carbocycles. The molecule has 114 valence electrons. The van der Waals surface area contributed by atoms with Crippen LogP contribution in [0.3, 0.4) is 0 Å². The Morgan fingerprint density at radius 3 is 2.29 bits per heavy atom. The molecule has 2 fully saturated rings. The molecular weight excluding hydrogens is 262 g/mol. The number of piperazine rings is 1. The minimum Gasteiger partial charge on any atom is -0.311 e. The summed E-state index contributed by atoms with van der Waals surface area (Å²) in [5.41, 5.74) is 1.03. The van der Waals surface area contributed by atoms with Gasteiger partial charge in [-0.2, -0.15) is 0 Å². The van der Waals surface area contributed by atoms with Crippen molar-refractivity contribution in [2.75, 3.05) is 37.6 Å². The van der Waals surface area contributed by atoms with Crippen LogP contribution in [0.1, 0.15) is 20.3 Å². The molecule has 0 aromatic heterocycles. The number of carbonyl (C=O) groups is 1. The standard InChI is InChI=1S/C17H25N3O/c1-14(2)18-10-12-19(13-11-18)16-8-9-20(17(16)21)15-6-4-3-5-7-15/h3-7,14,16H,8-13H2,1-2H3. The Hall–Kier alpha value is -1.39. The first-order valence-electron chi connectivity index (χ1n) is 8.01. The van der Waals surface area contributed by atoms with Gasteiger partial charge in [-0.25, -0.2) is 0 Å². The number of hydrogen-bond acceptors (Lipinski definition) is 3. The van der Waals surface area contributed by atoms with Crippen LogP contribution in [-0.4, -0.2) is 60.5 Å². The topological polar surface area (TPSA) is 26.8 Å². The summed E-state index contributed by atoms with van der Waals surface area (Å²) in [4.78, 5) is 19.5. The van der Waals surface area contributed by atoms with Crippen LogP contribution >= 0.6 is 0 Å². The molecule has 0 bridgehead atoms. The van der Waals surface area contributed by atoms with E-state index in [-0.39, 0.29) is 11.9 Å². The molecule has 0 aliphatic carbocycles. The normalized spacial score (nSPS) is 25.0. The predicted octanol–water partition coefficient (Wildman–Crippen LogP) is 1.82. The van der Waals surface area contributed by atoms with Gasteiger partial charge in [0.2, 0.25) is 5.91 Å². The van der Waals surface area contributed by atoms with Gasteiger partial charge in [0.15, 0.2) is 0 Å². The first-order valence-corrected chi connectivity index (χ1v) is 8.01. The number of anilines is 1. The molecule has 4 heteroatoms. The minimum atomic E-state index is 0.0829. The highest BCUT2D eigenvalue weighted by Gasteiger charge is 2.37. The molecule has 2 saturated heterocycles. The van der Waals surface area contributed by atoms with E-state index in [0.717, 1.165) is 44.8 Å². The summed E-state index contributed by atoms with van der Waals surface area (Å²) in [6.45, 7) is 9.51. The summed E-state index contributed by atoms with van der Waals surface area (Å²) in [6.07, 6.45) is 0.954. The zero-order valence-electron chi connectivity index (χ0n) is 13.0. The second-order valence-electron chi connectivity index (χ2n) is 6.30. The van der Waals surface area contributed by atoms with Crippen LogP contribution in [0.4, 0.5) is 5.69 Å². The lowest BCUT2D eigenvalue weighted by Gasteiger charge is -2.39. The van der Waals surface area contributed by atoms with E-state index in [1.54, 1.807) is 0 Å². The number of carbonyl (C=O) groups excluding carboxylic acids is 1. The minimum absolute atomic E-state index is 0.0829. The van der Waals surface area contributed by atoms with Crippen molar-refractivity contribution in [3.05, 3.63) is 30.3 Å². The molecule has 2 aliphatic heterocycles. The van der Waals surface area contributed by atoms with Crippen LogP contribution in [0.5, 0.6) is 0 Å². The Bertz CT molecular complexity index is 480. The second-order valence-corrected chi connectivity index (χ2v) is 6.30. The first-order chi connectivity index (χ1) is 10.2. The molecule has 1 unspecified atom stereocenters. The molecule has 0 spiro atoms. The van der Waals surface area contributed by atoms with Crippen molar-refractivity contribution in [2.24, 2.45) is 0 Å². The molecule has 1 amide bonds. The Kier molecular flexibility index (Phi) is 4.27. The fourth-order valence-electron chi connectivity index (χ4n) is 3.43. The van der Waals surface area contributed by atoms with Gasteiger partial charge in [-0.1, -0.05) is 18.2 Å². The molecule has 1 aromatic rings. The van der Waals surface area contributed by atoms with Crippen LogP contribution in [-0.2, 0) is 4.79 Å². The number of rotatable bonds is 3. The molecule has 2 heterocycles. The van der Waals surface area contributed by atoms with Crippen molar-refractivity contribution in [3.8, 4) is 0 Å². The van der Waals surface area contributed by atoms with E-state index in [9.17, 15) is 4.79 Å². The zero-order valence-corrected chi connectivity index (χ0v) is 13.0. The van der Waals surface area contributed by atoms with Crippen LogP contribution in [0.2, 0.25) is 0 Å². The van der Waals surface area contributed by atoms with Crippen molar-refractivity contribution in [3.63, 3.8) is 0 Å². The van der Waals surface area contributed by atoms with Gasteiger partial charge in [0.05, 0.1) is 6.04 Å². The summed E-state index contributed by atoms with van der Waals surface area (Å²) in [5, 5.41) is 0. The molecule has 1 atom stereocenters. The van der Waals surface area contributed by atoms with E-state index in [1.165, 1.54) is 0 Å². The van der Waals surface area contributed by atoms with Crippen LogP contribution in [0.15, 0.2) is 30.3 Å². The first kappa shape index (κ1) is 14.5. The van der Waals surface area contributed by atoms with Crippen molar-refractivity contribution in [1.82, 2.24) is 9.80 Å². The fourth-order valence-corrected chi connectivity index (χ4v) is 3.43. The zero-order chi connectivity index (χ0) is 14.8. The van der Waals surface area contributed by atoms with Crippen LogP contribution < -0.4 is 4.90 Å². The van der Waals surface area contributed by atoms with Gasteiger partial charge in [-0.15, -0.1) is 0 Å². The lowest BCUT2D eigenvalue weighted by Crippen LogP contribution is -2.53. The molecule has 21 heavy (non-hydrogen) atoms. The van der Waals surface area contributed by atoms with Gasteiger partial charge in [0, 0.05) is 44.5 Å². The van der Waals surface area contributed by atoms with Gasteiger partial charge in [-0.05, 0) is 32.4 Å². The van der Waals surface area contributed by atoms with Gasteiger partial charge in [0.25, 0.3) is 0 Å². The average Bonchev–Trinajstić information content (AvgIpc) is 2.90. The van der Waals surface area contributed by atoms with E-state index in [2.05, 4.69) is 23.6 Å². The highest BCUT2D eigenvalue weighted by molar-refractivity contribution is 5.99. The highest BCUT2D eigenvalue weighted by atomic mass is 16.2. The van der Waals surface area contributed by atoms with E-state index < -0.39 is 0 Å². The quantitative estimate of drug-likeness (QED) is 0.848. The lowest BCUT2D eigenvalue weighted by atomic mass is 10.1. The Morgan fingerprint density at radius 1 is 1.00 bits per heavy atom. The van der Waals surface area contributed by atoms with Crippen LogP contribution in [0.25, 0.3) is 0 Å². The van der Waals surface area contributed by atoms with E-state index in [0.29, 0.717) is 6.04 Å². The number of nitrogens with zero attached hydrogens (tertiary/aromatic N) is 3. The Labute approximate surface area is 127 Å². The monoisotopic (exact) mass is 287 g/mol. The largest absolute Gasteiger partial charge is 0.311 e. The number of benzene rings is 1. The molecular formula is C17H25N3O. The number of para-hydroxylation sites is 1. The molecule has 0 N–H and O–H groups in total. The average molecular weight is 287 g/mol. The smallest absolute Gasteiger partial charge is 0.244 e. The van der Waals surface area contributed by atoms with Gasteiger partial charge >= 0.3 is 0 Å². The SMILES string of the molecule is CC(C)N1CCN(C2CCN(c3ccccc3)C2=O)CC1. The summed E-state index contributed by atoms with van der Waals surface area (Å²) in [7, 11) is 0. The summed E-state index contributed by atoms with van der Waals surface area (Å²) >= 11 is 0. The molecule has 0 saturated carbocycles. The highest BCUT2D eigenvalue weighted by Crippen LogP contribution is 2.25. The number of hydrogen-bond donors (Lipinski definition) is 0. The van der Waals surface area contributed by atoms with Gasteiger partial charge in [0.1, 0.15) is 0 Å². The predicted molar refractivity (Wildman–Crippen MR) is 85.5 cm³/mol. The van der Waals surface area contributed by atoms with E-state index >= 15 is 0 Å². The van der Waals surface area contributed by atoms with Gasteiger partial charge < -0.3 is 4.90 Å². The lowest BCUT2D eigenvalue weighted by molar-refractivity contribution is -0.122. The third kappa shape index (κ3) is 2.97. The number of amides is 1. The summed E-state index contributed by atoms with van der Waals surface area (Å²) in [5.74, 6) is 0.277. The van der Waals surface area contributed by atoms with Gasteiger partial charge in [-0.3, -0.25) is 14.6 Å². The fraction of sp³-hybridized carbons (Fsp3) is 0.588. The van der Waals surface area contributed by atoms with Crippen molar-refractivity contribution >= 4 is 11.6 Å². The maximum absolute atomic E-state index is 12.7. The van der Waals surface area contributed by atoms with Crippen molar-refractivity contribution in [1.29, 1.82) is 0 Å². The third-order valence-electron chi connectivity index (χ3n) is 4.77. The van der Waals surface area contributed by atoms with E-state index in [4.69, 9.17) is 0 Å². The molecule has 2 aliphatic rings. The van der Waals surface area contributed by atoms with E-state index in [1.807, 2.05) is 35.2 Å². The summed E-state index contributed by atoms with van der Waals surface area (Å²) < 4.78 is 0. The van der Waals surface area contributed by atoms with Crippen molar-refractivity contribution < 1.29 is 4.79 Å². The third-order valence-corrected chi connectivity index (χ3v) is 4.77.